The molecule has 0 aliphatic rings. The van der Waals surface area contributed by atoms with E-state index in [2.05, 4.69) is 21.3 Å². The molecule has 0 radical (unpaired) electrons. The average molecular weight is 695 g/mol. The van der Waals surface area contributed by atoms with Crippen molar-refractivity contribution in [2.75, 3.05) is 12.4 Å². The molecule has 3 aromatic carbocycles. The van der Waals surface area contributed by atoms with E-state index in [1.807, 2.05) is 13.8 Å². The van der Waals surface area contributed by atoms with E-state index in [1.54, 1.807) is 84.9 Å². The Morgan fingerprint density at radius 2 is 1.37 bits per heavy atom. The van der Waals surface area contributed by atoms with E-state index in [-0.39, 0.29) is 30.3 Å². The normalized spacial score (nSPS) is 12.6. The molecule has 4 N–H and O–H groups in total. The van der Waals surface area contributed by atoms with Crippen molar-refractivity contribution < 1.29 is 37.9 Å². The molecule has 4 rings (SSSR count). The number of nitrogens with one attached hydrogen (secondary N) is 4. The second-order valence-electron chi connectivity index (χ2n) is 12.5. The molecule has 12 nitrogen and oxygen atoms in total. The molecule has 0 saturated heterocycles. The van der Waals surface area contributed by atoms with Crippen molar-refractivity contribution >= 4 is 40.9 Å². The van der Waals surface area contributed by atoms with Gasteiger partial charge < -0.3 is 30.4 Å². The highest BCUT2D eigenvalue weighted by Gasteiger charge is 2.32. The maximum absolute atomic E-state index is 13.8. The number of carbonyl (C=O) groups excluding carboxylic acids is 6. The third kappa shape index (κ3) is 10.7. The SMILES string of the molecule is COc1ccc(C[C@H](NC(=O)[C@H](C)NC(=O)c2ccc(-c3ccc(C(C)=O)cc3)o2)C(=O)N[C@@H](CC(C)C)C(=O)C(=O)Nc2ccccc2)cc1. The van der Waals surface area contributed by atoms with Crippen LogP contribution >= 0.6 is 0 Å². The highest BCUT2D eigenvalue weighted by Crippen LogP contribution is 2.23. The van der Waals surface area contributed by atoms with Gasteiger partial charge in [-0.2, -0.15) is 0 Å². The summed E-state index contributed by atoms with van der Waals surface area (Å²) in [4.78, 5) is 78.0. The lowest BCUT2D eigenvalue weighted by Crippen LogP contribution is -2.56. The standard InChI is InChI=1S/C39H42N4O8/c1-23(2)21-31(35(45)39(49)41-29-9-7-6-8-10-29)42-37(47)32(22-26-11-17-30(50-5)18-12-26)43-36(46)24(3)40-38(48)34-20-19-33(51-34)28-15-13-27(14-16-28)25(4)44/h6-20,23-24,31-32H,21-22H2,1-5H3,(H,40,48)(H,41,49)(H,42,47)(H,43,46)/t24-,31-,32-/m0/s1. The summed E-state index contributed by atoms with van der Waals surface area (Å²) in [5.74, 6) is -2.91. The Morgan fingerprint density at radius 1 is 0.725 bits per heavy atom. The van der Waals surface area contributed by atoms with Crippen molar-refractivity contribution in [3.05, 3.63) is 108 Å². The van der Waals surface area contributed by atoms with Gasteiger partial charge in [0.2, 0.25) is 17.6 Å². The Labute approximate surface area is 296 Å². The summed E-state index contributed by atoms with van der Waals surface area (Å²) in [6, 6.07) is 21.7. The zero-order chi connectivity index (χ0) is 37.1. The molecule has 0 saturated carbocycles. The van der Waals surface area contributed by atoms with E-state index in [4.69, 9.17) is 9.15 Å². The van der Waals surface area contributed by atoms with Crippen LogP contribution in [0.5, 0.6) is 5.75 Å². The zero-order valence-corrected chi connectivity index (χ0v) is 29.1. The first-order valence-corrected chi connectivity index (χ1v) is 16.5. The van der Waals surface area contributed by atoms with Crippen LogP contribution < -0.4 is 26.0 Å². The van der Waals surface area contributed by atoms with E-state index in [9.17, 15) is 28.8 Å². The van der Waals surface area contributed by atoms with Crippen molar-refractivity contribution in [2.24, 2.45) is 5.92 Å². The molecule has 0 aliphatic carbocycles. The number of anilines is 1. The maximum atomic E-state index is 13.8. The largest absolute Gasteiger partial charge is 0.497 e. The summed E-state index contributed by atoms with van der Waals surface area (Å²) in [7, 11) is 1.53. The topological polar surface area (TPSA) is 173 Å². The number of hydrogen-bond donors (Lipinski definition) is 4. The van der Waals surface area contributed by atoms with Gasteiger partial charge >= 0.3 is 0 Å². The number of furan rings is 1. The van der Waals surface area contributed by atoms with E-state index in [0.717, 1.165) is 0 Å². The summed E-state index contributed by atoms with van der Waals surface area (Å²) in [6.07, 6.45) is 0.208. The quantitative estimate of drug-likeness (QED) is 0.0962. The molecule has 0 fully saturated rings. The minimum atomic E-state index is -1.18. The summed E-state index contributed by atoms with van der Waals surface area (Å²) < 4.78 is 10.9. The average Bonchev–Trinajstić information content (AvgIpc) is 3.62. The van der Waals surface area contributed by atoms with Crippen LogP contribution in [-0.4, -0.2) is 60.4 Å². The molecular formula is C39H42N4O8. The zero-order valence-electron chi connectivity index (χ0n) is 29.1. The minimum Gasteiger partial charge on any atom is -0.497 e. The molecule has 51 heavy (non-hydrogen) atoms. The van der Waals surface area contributed by atoms with Crippen molar-refractivity contribution in [1.82, 2.24) is 16.0 Å². The molecule has 0 unspecified atom stereocenters. The predicted molar refractivity (Wildman–Crippen MR) is 191 cm³/mol. The molecular weight excluding hydrogens is 652 g/mol. The third-order valence-electron chi connectivity index (χ3n) is 7.97. The number of Topliss-reactive ketones (excluding diaryl/α,β-unsaturated/α-hetero) is 2. The number of rotatable bonds is 16. The van der Waals surface area contributed by atoms with Gasteiger partial charge in [-0.1, -0.05) is 68.4 Å². The van der Waals surface area contributed by atoms with E-state index < -0.39 is 47.5 Å². The van der Waals surface area contributed by atoms with E-state index >= 15 is 0 Å². The molecule has 1 heterocycles. The minimum absolute atomic E-state index is 0.0327. The number of methoxy groups -OCH3 is 1. The lowest BCUT2D eigenvalue weighted by atomic mass is 9.98. The molecule has 0 bridgehead atoms. The molecule has 4 aromatic rings. The predicted octanol–water partition coefficient (Wildman–Crippen LogP) is 4.74. The van der Waals surface area contributed by atoms with Crippen LogP contribution in [0.2, 0.25) is 0 Å². The molecule has 266 valence electrons. The first-order chi connectivity index (χ1) is 24.3. The molecule has 3 atom stereocenters. The van der Waals surface area contributed by atoms with E-state index in [0.29, 0.717) is 33.9 Å². The van der Waals surface area contributed by atoms with Crippen LogP contribution in [0, 0.1) is 5.92 Å². The number of hydrogen-bond acceptors (Lipinski definition) is 8. The van der Waals surface area contributed by atoms with Crippen LogP contribution in [0.3, 0.4) is 0 Å². The second-order valence-corrected chi connectivity index (χ2v) is 12.5. The van der Waals surface area contributed by atoms with Crippen molar-refractivity contribution in [3.8, 4) is 17.1 Å². The first-order valence-electron chi connectivity index (χ1n) is 16.5. The monoisotopic (exact) mass is 694 g/mol. The van der Waals surface area contributed by atoms with Gasteiger partial charge in [0.05, 0.1) is 13.2 Å². The second kappa shape index (κ2) is 17.6. The van der Waals surface area contributed by atoms with Gasteiger partial charge in [-0.25, -0.2) is 0 Å². The number of para-hydroxylation sites is 1. The van der Waals surface area contributed by atoms with E-state index in [1.165, 1.54) is 27.0 Å². The Morgan fingerprint density at radius 3 is 1.98 bits per heavy atom. The van der Waals surface area contributed by atoms with Gasteiger partial charge in [-0.15, -0.1) is 0 Å². The Bertz CT molecular complexity index is 1850. The lowest BCUT2D eigenvalue weighted by molar-refractivity contribution is -0.138. The molecule has 1 aromatic heterocycles. The van der Waals surface area contributed by atoms with Gasteiger partial charge in [0, 0.05) is 23.2 Å². The van der Waals surface area contributed by atoms with Crippen LogP contribution in [0.25, 0.3) is 11.3 Å². The van der Waals surface area contributed by atoms with Gasteiger partial charge in [0.25, 0.3) is 11.8 Å². The van der Waals surface area contributed by atoms with Crippen LogP contribution in [-0.2, 0) is 25.6 Å². The fraction of sp³-hybridized carbons (Fsp3) is 0.282. The smallest absolute Gasteiger partial charge is 0.293 e. The van der Waals surface area contributed by atoms with Crippen molar-refractivity contribution in [1.29, 1.82) is 0 Å². The molecule has 0 spiro atoms. The number of ketones is 2. The van der Waals surface area contributed by atoms with Crippen molar-refractivity contribution in [3.63, 3.8) is 0 Å². The first kappa shape index (κ1) is 37.8. The number of amides is 4. The fourth-order valence-corrected chi connectivity index (χ4v) is 5.17. The molecule has 12 heteroatoms. The highest BCUT2D eigenvalue weighted by molar-refractivity contribution is 6.42. The number of carbonyl (C=O) groups is 6. The molecule has 4 amide bonds. The third-order valence-corrected chi connectivity index (χ3v) is 7.97. The van der Waals surface area contributed by atoms with Crippen molar-refractivity contribution in [2.45, 2.75) is 58.7 Å². The van der Waals surface area contributed by atoms with Crippen LogP contribution in [0.15, 0.2) is 95.4 Å². The fourth-order valence-electron chi connectivity index (χ4n) is 5.17. The Hall–Kier alpha value is -6.04. The number of ether oxygens (including phenoxy) is 1. The van der Waals surface area contributed by atoms with Crippen LogP contribution in [0.1, 0.15) is 60.6 Å². The van der Waals surface area contributed by atoms with Gasteiger partial charge in [0.1, 0.15) is 23.6 Å². The summed E-state index contributed by atoms with van der Waals surface area (Å²) in [5, 5.41) is 10.5. The van der Waals surface area contributed by atoms with Gasteiger partial charge in [-0.05, 0) is 68.1 Å². The summed E-state index contributed by atoms with van der Waals surface area (Å²) >= 11 is 0. The maximum Gasteiger partial charge on any atom is 0.293 e. The Kier molecular flexibility index (Phi) is 13.0. The van der Waals surface area contributed by atoms with Crippen LogP contribution in [0.4, 0.5) is 5.69 Å². The lowest BCUT2D eigenvalue weighted by Gasteiger charge is -2.25. The molecule has 0 aliphatic heterocycles. The highest BCUT2D eigenvalue weighted by atomic mass is 16.5. The summed E-state index contributed by atoms with van der Waals surface area (Å²) in [5.41, 5.74) is 2.31. The Balaban J connectivity index is 1.47. The summed E-state index contributed by atoms with van der Waals surface area (Å²) in [6.45, 7) is 6.64. The van der Waals surface area contributed by atoms with Gasteiger partial charge in [0.15, 0.2) is 11.5 Å². The number of benzene rings is 3. The van der Waals surface area contributed by atoms with Gasteiger partial charge in [-0.3, -0.25) is 28.8 Å².